The maximum Gasteiger partial charge on any atom is 0.411 e. The molecule has 2 N–H and O–H groups in total. The number of thiazole rings is 1. The van der Waals surface area contributed by atoms with Crippen LogP contribution >= 0.6 is 11.3 Å². The smallest absolute Gasteiger partial charge is 0.411 e. The Morgan fingerprint density at radius 2 is 1.89 bits per heavy atom. The molecular formula is C19H20N4O3S. The number of carbonyl (C=O) groups is 2. The van der Waals surface area contributed by atoms with Crippen LogP contribution in [0.25, 0.3) is 10.2 Å². The van der Waals surface area contributed by atoms with Gasteiger partial charge < -0.3 is 15.0 Å². The molecule has 0 spiro atoms. The highest BCUT2D eigenvalue weighted by atomic mass is 32.1. The zero-order valence-corrected chi connectivity index (χ0v) is 15.9. The molecule has 140 valence electrons. The topological polar surface area (TPSA) is 83.6 Å². The first-order valence-electron chi connectivity index (χ1n) is 8.32. The van der Waals surface area contributed by atoms with Gasteiger partial charge in [-0.2, -0.15) is 0 Å². The quantitative estimate of drug-likeness (QED) is 0.700. The summed E-state index contributed by atoms with van der Waals surface area (Å²) in [6, 6.07) is 14.9. The SMILES string of the molecule is COC(=O)Nc1ccc(CNC(=O)N(C)Cc2nc3ccccc3s2)cc1. The van der Waals surface area contributed by atoms with Gasteiger partial charge in [-0.25, -0.2) is 14.6 Å². The van der Waals surface area contributed by atoms with Crippen LogP contribution in [0.1, 0.15) is 10.6 Å². The van der Waals surface area contributed by atoms with Gasteiger partial charge in [-0.15, -0.1) is 11.3 Å². The van der Waals surface area contributed by atoms with Crippen LogP contribution in [0.15, 0.2) is 48.5 Å². The van der Waals surface area contributed by atoms with Gasteiger partial charge in [-0.05, 0) is 29.8 Å². The van der Waals surface area contributed by atoms with Gasteiger partial charge in [0.2, 0.25) is 0 Å². The maximum absolute atomic E-state index is 12.3. The molecule has 0 atom stereocenters. The minimum Gasteiger partial charge on any atom is -0.453 e. The van der Waals surface area contributed by atoms with E-state index in [0.29, 0.717) is 18.8 Å². The van der Waals surface area contributed by atoms with Crippen molar-refractivity contribution in [1.82, 2.24) is 15.2 Å². The van der Waals surface area contributed by atoms with Gasteiger partial charge in [0, 0.05) is 19.3 Å². The fourth-order valence-corrected chi connectivity index (χ4v) is 3.47. The summed E-state index contributed by atoms with van der Waals surface area (Å²) in [5, 5.41) is 6.35. The van der Waals surface area contributed by atoms with E-state index in [-0.39, 0.29) is 6.03 Å². The van der Waals surface area contributed by atoms with Gasteiger partial charge in [-0.3, -0.25) is 5.32 Å². The number of hydrogen-bond acceptors (Lipinski definition) is 5. The number of methoxy groups -OCH3 is 1. The minimum atomic E-state index is -0.521. The Morgan fingerprint density at radius 3 is 2.59 bits per heavy atom. The summed E-state index contributed by atoms with van der Waals surface area (Å²) in [7, 11) is 3.05. The lowest BCUT2D eigenvalue weighted by Crippen LogP contribution is -2.36. The van der Waals surface area contributed by atoms with E-state index in [2.05, 4.69) is 20.4 Å². The van der Waals surface area contributed by atoms with Crippen molar-refractivity contribution < 1.29 is 14.3 Å². The van der Waals surface area contributed by atoms with Gasteiger partial charge in [0.25, 0.3) is 0 Å². The number of hydrogen-bond donors (Lipinski definition) is 2. The molecule has 3 amide bonds. The van der Waals surface area contributed by atoms with Crippen LogP contribution in [0.5, 0.6) is 0 Å². The average Bonchev–Trinajstić information content (AvgIpc) is 3.09. The van der Waals surface area contributed by atoms with Gasteiger partial charge in [0.15, 0.2) is 0 Å². The fraction of sp³-hybridized carbons (Fsp3) is 0.211. The van der Waals surface area contributed by atoms with Crippen molar-refractivity contribution in [2.45, 2.75) is 13.1 Å². The molecule has 7 nitrogen and oxygen atoms in total. The second kappa shape index (κ2) is 8.50. The Bertz CT molecular complexity index is 907. The summed E-state index contributed by atoms with van der Waals surface area (Å²) >= 11 is 1.59. The van der Waals surface area contributed by atoms with Crippen LogP contribution in [0.3, 0.4) is 0 Å². The van der Waals surface area contributed by atoms with Crippen LogP contribution in [-0.4, -0.2) is 36.2 Å². The number of ether oxygens (including phenoxy) is 1. The number of amides is 3. The molecular weight excluding hydrogens is 364 g/mol. The van der Waals surface area contributed by atoms with Gasteiger partial charge in [-0.1, -0.05) is 24.3 Å². The van der Waals surface area contributed by atoms with Crippen LogP contribution in [-0.2, 0) is 17.8 Å². The first-order chi connectivity index (χ1) is 13.0. The van der Waals surface area contributed by atoms with Crippen molar-refractivity contribution >= 4 is 39.4 Å². The Balaban J connectivity index is 1.51. The molecule has 27 heavy (non-hydrogen) atoms. The highest BCUT2D eigenvalue weighted by molar-refractivity contribution is 7.18. The number of rotatable bonds is 5. The lowest BCUT2D eigenvalue weighted by molar-refractivity contribution is 0.187. The molecule has 0 aliphatic heterocycles. The molecule has 3 aromatic rings. The second-order valence-corrected chi connectivity index (χ2v) is 7.02. The molecule has 0 fully saturated rings. The zero-order valence-electron chi connectivity index (χ0n) is 15.1. The molecule has 3 rings (SSSR count). The summed E-state index contributed by atoms with van der Waals surface area (Å²) in [5.74, 6) is 0. The first kappa shape index (κ1) is 18.7. The second-order valence-electron chi connectivity index (χ2n) is 5.90. The monoisotopic (exact) mass is 384 g/mol. The van der Waals surface area contributed by atoms with Crippen LogP contribution < -0.4 is 10.6 Å². The first-order valence-corrected chi connectivity index (χ1v) is 9.14. The Labute approximate surface area is 161 Å². The summed E-state index contributed by atoms with van der Waals surface area (Å²) in [4.78, 5) is 29.6. The van der Waals surface area contributed by atoms with E-state index in [1.165, 1.54) is 7.11 Å². The predicted octanol–water partition coefficient (Wildman–Crippen LogP) is 3.82. The van der Waals surface area contributed by atoms with Crippen LogP contribution in [0.4, 0.5) is 15.3 Å². The van der Waals surface area contributed by atoms with Gasteiger partial charge in [0.05, 0.1) is 23.9 Å². The zero-order chi connectivity index (χ0) is 19.2. The average molecular weight is 384 g/mol. The summed E-state index contributed by atoms with van der Waals surface area (Å²) in [6.45, 7) is 0.842. The molecule has 8 heteroatoms. The van der Waals surface area contributed by atoms with Crippen LogP contribution in [0.2, 0.25) is 0 Å². The van der Waals surface area contributed by atoms with Crippen molar-refractivity contribution in [3.63, 3.8) is 0 Å². The number of urea groups is 1. The highest BCUT2D eigenvalue weighted by Crippen LogP contribution is 2.22. The van der Waals surface area contributed by atoms with E-state index >= 15 is 0 Å². The predicted molar refractivity (Wildman–Crippen MR) is 106 cm³/mol. The molecule has 0 bridgehead atoms. The Morgan fingerprint density at radius 1 is 1.15 bits per heavy atom. The molecule has 0 aliphatic rings. The van der Waals surface area contributed by atoms with Gasteiger partial charge in [0.1, 0.15) is 5.01 Å². The van der Waals surface area contributed by atoms with Crippen LogP contribution in [0, 0.1) is 0 Å². The lowest BCUT2D eigenvalue weighted by Gasteiger charge is -2.16. The number of carbonyl (C=O) groups excluding carboxylic acids is 2. The third kappa shape index (κ3) is 4.95. The van der Waals surface area contributed by atoms with Crippen molar-refractivity contribution in [2.24, 2.45) is 0 Å². The largest absolute Gasteiger partial charge is 0.453 e. The normalized spacial score (nSPS) is 10.4. The molecule has 0 saturated heterocycles. The number of fused-ring (bicyclic) bond motifs is 1. The Hall–Kier alpha value is -3.13. The standard InChI is InChI=1S/C19H20N4O3S/c1-23(12-17-22-15-5-3-4-6-16(15)27-17)18(24)20-11-13-7-9-14(10-8-13)21-19(25)26-2/h3-10H,11-12H2,1-2H3,(H,20,24)(H,21,25). The number of nitrogens with one attached hydrogen (secondary N) is 2. The van der Waals surface area contributed by atoms with E-state index in [9.17, 15) is 9.59 Å². The third-order valence-corrected chi connectivity index (χ3v) is 4.91. The fourth-order valence-electron chi connectivity index (χ4n) is 2.45. The van der Waals surface area contributed by atoms with E-state index < -0.39 is 6.09 Å². The lowest BCUT2D eigenvalue weighted by atomic mass is 10.2. The van der Waals surface area contributed by atoms with E-state index in [1.807, 2.05) is 36.4 Å². The van der Waals surface area contributed by atoms with Crippen molar-refractivity contribution in [3.05, 3.63) is 59.1 Å². The number of para-hydroxylation sites is 1. The maximum atomic E-state index is 12.3. The van der Waals surface area contributed by atoms with Crippen molar-refractivity contribution in [2.75, 3.05) is 19.5 Å². The Kier molecular flexibility index (Phi) is 5.87. The van der Waals surface area contributed by atoms with E-state index in [4.69, 9.17) is 0 Å². The number of nitrogens with zero attached hydrogens (tertiary/aromatic N) is 2. The summed E-state index contributed by atoms with van der Waals surface area (Å²) in [6.07, 6.45) is -0.521. The van der Waals surface area contributed by atoms with Gasteiger partial charge >= 0.3 is 12.1 Å². The highest BCUT2D eigenvalue weighted by Gasteiger charge is 2.12. The third-order valence-electron chi connectivity index (χ3n) is 3.89. The molecule has 0 radical (unpaired) electrons. The molecule has 2 aromatic carbocycles. The summed E-state index contributed by atoms with van der Waals surface area (Å²) < 4.78 is 5.65. The molecule has 0 aliphatic carbocycles. The van der Waals surface area contributed by atoms with Crippen molar-refractivity contribution in [1.29, 1.82) is 0 Å². The van der Waals surface area contributed by atoms with Crippen molar-refractivity contribution in [3.8, 4) is 0 Å². The molecule has 0 saturated carbocycles. The van der Waals surface area contributed by atoms with E-state index in [1.54, 1.807) is 35.4 Å². The number of anilines is 1. The minimum absolute atomic E-state index is 0.175. The molecule has 1 aromatic heterocycles. The number of aromatic nitrogens is 1. The molecule has 1 heterocycles. The molecule has 0 unspecified atom stereocenters. The number of benzene rings is 2. The summed E-state index contributed by atoms with van der Waals surface area (Å²) in [5.41, 5.74) is 2.50. The van der Waals surface area contributed by atoms with E-state index in [0.717, 1.165) is 20.8 Å².